The second-order valence-electron chi connectivity index (χ2n) is 5.58. The largest absolute Gasteiger partial charge is 0.380 e. The molecule has 0 aliphatic heterocycles. The third-order valence-electron chi connectivity index (χ3n) is 3.85. The molecule has 0 radical (unpaired) electrons. The predicted octanol–water partition coefficient (Wildman–Crippen LogP) is 4.55. The van der Waals surface area contributed by atoms with Crippen LogP contribution in [0.15, 0.2) is 51.9 Å². The number of aryl methyl sites for hydroxylation is 1. The van der Waals surface area contributed by atoms with Crippen LogP contribution < -0.4 is 4.80 Å². The number of ether oxygens (including phenoxy) is 1. The number of halogens is 1. The van der Waals surface area contributed by atoms with Crippen molar-refractivity contribution in [3.05, 3.63) is 62.9 Å². The smallest absolute Gasteiger partial charge is 0.279 e. The maximum absolute atomic E-state index is 12.5. The van der Waals surface area contributed by atoms with Crippen molar-refractivity contribution in [2.75, 3.05) is 13.2 Å². The molecule has 25 heavy (non-hydrogen) atoms. The summed E-state index contributed by atoms with van der Waals surface area (Å²) in [4.78, 5) is 17.6. The maximum Gasteiger partial charge on any atom is 0.279 e. The number of carbonyl (C=O) groups excluding carboxylic acids is 1. The minimum Gasteiger partial charge on any atom is -0.380 e. The van der Waals surface area contributed by atoms with Gasteiger partial charge in [0.25, 0.3) is 5.91 Å². The second kappa shape index (κ2) is 8.08. The van der Waals surface area contributed by atoms with E-state index in [1.165, 1.54) is 16.9 Å². The van der Waals surface area contributed by atoms with E-state index in [4.69, 9.17) is 4.74 Å². The lowest BCUT2D eigenvalue weighted by molar-refractivity contribution is 0.0996. The third kappa shape index (κ3) is 4.08. The molecule has 0 saturated carbocycles. The molecule has 130 valence electrons. The van der Waals surface area contributed by atoms with Gasteiger partial charge in [-0.1, -0.05) is 39.4 Å². The predicted molar refractivity (Wildman–Crippen MR) is 105 cm³/mol. The molecular weight excluding hydrogens is 400 g/mol. The highest BCUT2D eigenvalue weighted by atomic mass is 79.9. The Labute approximate surface area is 158 Å². The number of para-hydroxylation sites is 1. The van der Waals surface area contributed by atoms with Gasteiger partial charge in [0, 0.05) is 23.2 Å². The molecule has 1 heterocycles. The van der Waals surface area contributed by atoms with Crippen LogP contribution in [0.5, 0.6) is 0 Å². The van der Waals surface area contributed by atoms with E-state index in [0.717, 1.165) is 14.7 Å². The summed E-state index contributed by atoms with van der Waals surface area (Å²) in [5, 5.41) is 0. The molecule has 3 rings (SSSR count). The van der Waals surface area contributed by atoms with E-state index in [0.29, 0.717) is 30.1 Å². The summed E-state index contributed by atoms with van der Waals surface area (Å²) in [5.41, 5.74) is 2.87. The zero-order valence-electron chi connectivity index (χ0n) is 14.2. The fourth-order valence-electron chi connectivity index (χ4n) is 2.64. The second-order valence-corrected chi connectivity index (χ2v) is 7.50. The Morgan fingerprint density at radius 3 is 2.72 bits per heavy atom. The summed E-state index contributed by atoms with van der Waals surface area (Å²) >= 11 is 4.91. The highest BCUT2D eigenvalue weighted by Crippen LogP contribution is 2.21. The average molecular weight is 419 g/mol. The summed E-state index contributed by atoms with van der Waals surface area (Å²) in [5.74, 6) is -0.234. The van der Waals surface area contributed by atoms with E-state index >= 15 is 0 Å². The number of benzene rings is 2. The van der Waals surface area contributed by atoms with E-state index < -0.39 is 0 Å². The minimum atomic E-state index is -0.234. The van der Waals surface area contributed by atoms with E-state index in [9.17, 15) is 4.79 Å². The van der Waals surface area contributed by atoms with E-state index in [1.54, 1.807) is 12.1 Å². The van der Waals surface area contributed by atoms with E-state index in [2.05, 4.69) is 44.5 Å². The van der Waals surface area contributed by atoms with Gasteiger partial charge in [-0.3, -0.25) is 4.79 Å². The monoisotopic (exact) mass is 418 g/mol. The maximum atomic E-state index is 12.5. The van der Waals surface area contributed by atoms with Crippen LogP contribution in [0.2, 0.25) is 0 Å². The van der Waals surface area contributed by atoms with Gasteiger partial charge in [-0.2, -0.15) is 4.99 Å². The lowest BCUT2D eigenvalue weighted by Crippen LogP contribution is -2.20. The molecule has 1 aromatic heterocycles. The summed E-state index contributed by atoms with van der Waals surface area (Å²) in [7, 11) is 0. The summed E-state index contributed by atoms with van der Waals surface area (Å²) in [6, 6.07) is 13.4. The van der Waals surface area contributed by atoms with Crippen molar-refractivity contribution in [2.45, 2.75) is 20.4 Å². The Bertz CT molecular complexity index is 958. The van der Waals surface area contributed by atoms with Crippen molar-refractivity contribution >= 4 is 43.4 Å². The van der Waals surface area contributed by atoms with Crippen molar-refractivity contribution in [3.8, 4) is 0 Å². The van der Waals surface area contributed by atoms with Crippen LogP contribution in [-0.4, -0.2) is 23.7 Å². The normalized spacial score (nSPS) is 12.0. The summed E-state index contributed by atoms with van der Waals surface area (Å²) < 4.78 is 9.65. The van der Waals surface area contributed by atoms with Gasteiger partial charge in [-0.15, -0.1) is 0 Å². The Kier molecular flexibility index (Phi) is 5.83. The lowest BCUT2D eigenvalue weighted by atomic mass is 10.2. The number of aromatic nitrogens is 1. The van der Waals surface area contributed by atoms with Gasteiger partial charge in [0.2, 0.25) is 0 Å². The molecule has 0 fully saturated rings. The molecule has 2 aromatic carbocycles. The number of amides is 1. The van der Waals surface area contributed by atoms with Gasteiger partial charge in [0.05, 0.1) is 16.8 Å². The van der Waals surface area contributed by atoms with Gasteiger partial charge in [-0.05, 0) is 49.7 Å². The van der Waals surface area contributed by atoms with Gasteiger partial charge in [-0.25, -0.2) is 0 Å². The molecule has 0 spiro atoms. The Morgan fingerprint density at radius 1 is 1.24 bits per heavy atom. The average Bonchev–Trinajstić information content (AvgIpc) is 2.94. The van der Waals surface area contributed by atoms with Crippen LogP contribution in [0, 0.1) is 6.92 Å². The highest BCUT2D eigenvalue weighted by Gasteiger charge is 2.11. The Morgan fingerprint density at radius 2 is 2.00 bits per heavy atom. The Balaban J connectivity index is 2.07. The van der Waals surface area contributed by atoms with Crippen LogP contribution in [-0.2, 0) is 11.3 Å². The van der Waals surface area contributed by atoms with Gasteiger partial charge in [0.15, 0.2) is 4.80 Å². The third-order valence-corrected chi connectivity index (χ3v) is 5.43. The number of hydrogen-bond donors (Lipinski definition) is 0. The number of fused-ring (bicyclic) bond motifs is 1. The highest BCUT2D eigenvalue weighted by molar-refractivity contribution is 9.10. The van der Waals surface area contributed by atoms with Crippen LogP contribution in [0.4, 0.5) is 0 Å². The first-order valence-electron chi connectivity index (χ1n) is 8.11. The van der Waals surface area contributed by atoms with Crippen LogP contribution in [0.25, 0.3) is 10.2 Å². The number of rotatable bonds is 5. The van der Waals surface area contributed by atoms with Crippen molar-refractivity contribution in [2.24, 2.45) is 4.99 Å². The summed E-state index contributed by atoms with van der Waals surface area (Å²) in [6.45, 7) is 5.99. The van der Waals surface area contributed by atoms with Gasteiger partial charge >= 0.3 is 0 Å². The first kappa shape index (κ1) is 18.0. The number of nitrogens with zero attached hydrogens (tertiary/aromatic N) is 2. The van der Waals surface area contributed by atoms with Crippen molar-refractivity contribution < 1.29 is 9.53 Å². The molecule has 0 aliphatic rings. The quantitative estimate of drug-likeness (QED) is 0.570. The number of hydrogen-bond acceptors (Lipinski definition) is 3. The molecule has 0 bridgehead atoms. The number of thiazole rings is 1. The van der Waals surface area contributed by atoms with Crippen molar-refractivity contribution in [1.82, 2.24) is 4.57 Å². The molecule has 4 nitrogen and oxygen atoms in total. The topological polar surface area (TPSA) is 43.6 Å². The zero-order chi connectivity index (χ0) is 17.8. The van der Waals surface area contributed by atoms with Crippen LogP contribution in [0.1, 0.15) is 22.8 Å². The van der Waals surface area contributed by atoms with Gasteiger partial charge in [0.1, 0.15) is 0 Å². The molecule has 1 amide bonds. The van der Waals surface area contributed by atoms with Crippen LogP contribution in [0.3, 0.4) is 0 Å². The standard InChI is InChI=1S/C19H19BrN2O2S/c1-3-24-12-11-22-17-13(2)5-4-6-16(17)25-19(22)21-18(23)14-7-9-15(20)10-8-14/h4-10H,3,11-12H2,1-2H3. The number of carbonyl (C=O) groups is 1. The SMILES string of the molecule is CCOCCn1c(=NC(=O)c2ccc(Br)cc2)sc2cccc(C)c21. The molecule has 0 N–H and O–H groups in total. The molecule has 3 aromatic rings. The fraction of sp³-hybridized carbons (Fsp3) is 0.263. The minimum absolute atomic E-state index is 0.234. The van der Waals surface area contributed by atoms with Crippen LogP contribution >= 0.6 is 27.3 Å². The molecule has 0 atom stereocenters. The molecule has 0 unspecified atom stereocenters. The zero-order valence-corrected chi connectivity index (χ0v) is 16.6. The first-order chi connectivity index (χ1) is 12.1. The molecule has 0 saturated heterocycles. The van der Waals surface area contributed by atoms with Crippen molar-refractivity contribution in [1.29, 1.82) is 0 Å². The van der Waals surface area contributed by atoms with Crippen molar-refractivity contribution in [3.63, 3.8) is 0 Å². The van der Waals surface area contributed by atoms with Gasteiger partial charge < -0.3 is 9.30 Å². The molecule has 0 aliphatic carbocycles. The summed E-state index contributed by atoms with van der Waals surface area (Å²) in [6.07, 6.45) is 0. The lowest BCUT2D eigenvalue weighted by Gasteiger charge is -2.07. The fourth-order valence-corrected chi connectivity index (χ4v) is 4.04. The van der Waals surface area contributed by atoms with E-state index in [1.807, 2.05) is 25.1 Å². The first-order valence-corrected chi connectivity index (χ1v) is 9.72. The molecule has 6 heteroatoms. The van der Waals surface area contributed by atoms with E-state index in [-0.39, 0.29) is 5.91 Å². The Hall–Kier alpha value is -1.76. The molecular formula is C19H19BrN2O2S.